The van der Waals surface area contributed by atoms with E-state index in [0.29, 0.717) is 13.1 Å². The van der Waals surface area contributed by atoms with Crippen molar-refractivity contribution >= 4 is 17.4 Å². The van der Waals surface area contributed by atoms with Gasteiger partial charge in [0.15, 0.2) is 0 Å². The summed E-state index contributed by atoms with van der Waals surface area (Å²) in [6, 6.07) is 8.40. The van der Waals surface area contributed by atoms with Crippen molar-refractivity contribution in [2.24, 2.45) is 5.73 Å². The molecule has 2 rings (SSSR count). The smallest absolute Gasteiger partial charge is 0.365 e. The Morgan fingerprint density at radius 2 is 1.90 bits per heavy atom. The fourth-order valence-electron chi connectivity index (χ4n) is 1.78. The zero-order chi connectivity index (χ0) is 15.5. The van der Waals surface area contributed by atoms with Crippen molar-refractivity contribution in [1.82, 2.24) is 4.98 Å². The van der Waals surface area contributed by atoms with Gasteiger partial charge in [-0.15, -0.1) is 0 Å². The topological polar surface area (TPSA) is 50.9 Å². The number of nitrogens with one attached hydrogen (secondary N) is 1. The molecular formula is C14H13ClF3N3. The SMILES string of the molecule is NCc1cccc(CNc2ncc(C(F)(F)F)cc2Cl)c1. The van der Waals surface area contributed by atoms with Gasteiger partial charge in [-0.3, -0.25) is 0 Å². The third-order valence-corrected chi connectivity index (χ3v) is 3.14. The number of nitrogens with two attached hydrogens (primary N) is 1. The summed E-state index contributed by atoms with van der Waals surface area (Å²) in [6.07, 6.45) is -3.70. The Hall–Kier alpha value is -1.79. The summed E-state index contributed by atoms with van der Waals surface area (Å²) in [6.45, 7) is 0.819. The number of benzene rings is 1. The highest BCUT2D eigenvalue weighted by Gasteiger charge is 2.31. The number of rotatable bonds is 4. The van der Waals surface area contributed by atoms with E-state index in [2.05, 4.69) is 10.3 Å². The van der Waals surface area contributed by atoms with Crippen LogP contribution in [0.5, 0.6) is 0 Å². The number of nitrogens with zero attached hydrogens (tertiary/aromatic N) is 1. The van der Waals surface area contributed by atoms with Crippen molar-refractivity contribution in [2.75, 3.05) is 5.32 Å². The molecular weight excluding hydrogens is 303 g/mol. The summed E-state index contributed by atoms with van der Waals surface area (Å²) < 4.78 is 37.5. The van der Waals surface area contributed by atoms with Gasteiger partial charge in [0.2, 0.25) is 0 Å². The quantitative estimate of drug-likeness (QED) is 0.901. The Kier molecular flexibility index (Phi) is 4.69. The molecule has 0 radical (unpaired) electrons. The Morgan fingerprint density at radius 3 is 2.52 bits per heavy atom. The first-order chi connectivity index (χ1) is 9.90. The predicted molar refractivity (Wildman–Crippen MR) is 75.9 cm³/mol. The van der Waals surface area contributed by atoms with Gasteiger partial charge < -0.3 is 11.1 Å². The second-order valence-corrected chi connectivity index (χ2v) is 4.84. The standard InChI is InChI=1S/C14H13ClF3N3/c15-12-5-11(14(16,17)18)8-21-13(12)20-7-10-3-1-2-9(4-10)6-19/h1-5,8H,6-7,19H2,(H,20,21). The Bertz CT molecular complexity index is 629. The van der Waals surface area contributed by atoms with Crippen LogP contribution in [0.15, 0.2) is 36.5 Å². The highest BCUT2D eigenvalue weighted by molar-refractivity contribution is 6.32. The van der Waals surface area contributed by atoms with Gasteiger partial charge in [0.05, 0.1) is 10.6 Å². The van der Waals surface area contributed by atoms with Crippen LogP contribution in [0.1, 0.15) is 16.7 Å². The van der Waals surface area contributed by atoms with E-state index in [1.165, 1.54) is 0 Å². The van der Waals surface area contributed by atoms with Crippen molar-refractivity contribution in [3.05, 3.63) is 58.2 Å². The van der Waals surface area contributed by atoms with Gasteiger partial charge in [0, 0.05) is 19.3 Å². The molecule has 112 valence electrons. The van der Waals surface area contributed by atoms with Gasteiger partial charge >= 0.3 is 6.18 Å². The molecule has 1 heterocycles. The van der Waals surface area contributed by atoms with Crippen LogP contribution in [0.4, 0.5) is 19.0 Å². The number of halogens is 4. The summed E-state index contributed by atoms with van der Waals surface area (Å²) in [7, 11) is 0. The molecule has 0 aliphatic carbocycles. The number of alkyl halides is 3. The second-order valence-electron chi connectivity index (χ2n) is 4.43. The van der Waals surface area contributed by atoms with Crippen LogP contribution < -0.4 is 11.1 Å². The van der Waals surface area contributed by atoms with Crippen LogP contribution in [0.3, 0.4) is 0 Å². The summed E-state index contributed by atoms with van der Waals surface area (Å²) in [4.78, 5) is 3.71. The zero-order valence-corrected chi connectivity index (χ0v) is 11.7. The molecule has 1 aromatic carbocycles. The molecule has 21 heavy (non-hydrogen) atoms. The normalized spacial score (nSPS) is 11.5. The van der Waals surface area contributed by atoms with Crippen LogP contribution in [0, 0.1) is 0 Å². The van der Waals surface area contributed by atoms with E-state index in [0.717, 1.165) is 23.4 Å². The van der Waals surface area contributed by atoms with Crippen molar-refractivity contribution in [3.8, 4) is 0 Å². The minimum Gasteiger partial charge on any atom is -0.365 e. The summed E-state index contributed by atoms with van der Waals surface area (Å²) in [5, 5.41) is 2.84. The van der Waals surface area contributed by atoms with Crippen molar-refractivity contribution < 1.29 is 13.2 Å². The van der Waals surface area contributed by atoms with E-state index in [9.17, 15) is 13.2 Å². The molecule has 0 fully saturated rings. The van der Waals surface area contributed by atoms with E-state index in [4.69, 9.17) is 17.3 Å². The molecule has 3 nitrogen and oxygen atoms in total. The number of hydrogen-bond acceptors (Lipinski definition) is 3. The summed E-state index contributed by atoms with van der Waals surface area (Å²) in [5.74, 6) is 0.211. The lowest BCUT2D eigenvalue weighted by molar-refractivity contribution is -0.137. The lowest BCUT2D eigenvalue weighted by Crippen LogP contribution is -2.08. The van der Waals surface area contributed by atoms with Gasteiger partial charge in [-0.1, -0.05) is 35.9 Å². The average Bonchev–Trinajstić information content (AvgIpc) is 2.45. The fourth-order valence-corrected chi connectivity index (χ4v) is 2.01. The molecule has 0 saturated carbocycles. The molecule has 1 aromatic heterocycles. The maximum Gasteiger partial charge on any atom is 0.417 e. The van der Waals surface area contributed by atoms with E-state index >= 15 is 0 Å². The molecule has 0 atom stereocenters. The Labute approximate surface area is 124 Å². The monoisotopic (exact) mass is 315 g/mol. The third-order valence-electron chi connectivity index (χ3n) is 2.86. The van der Waals surface area contributed by atoms with Crippen LogP contribution in [0.25, 0.3) is 0 Å². The van der Waals surface area contributed by atoms with Crippen molar-refractivity contribution in [1.29, 1.82) is 0 Å². The molecule has 3 N–H and O–H groups in total. The lowest BCUT2D eigenvalue weighted by Gasteiger charge is -2.11. The molecule has 0 aliphatic heterocycles. The molecule has 0 amide bonds. The number of hydrogen-bond donors (Lipinski definition) is 2. The molecule has 0 unspecified atom stereocenters. The molecule has 0 spiro atoms. The van der Waals surface area contributed by atoms with E-state index in [-0.39, 0.29) is 10.8 Å². The predicted octanol–water partition coefficient (Wildman–Crippen LogP) is 3.82. The number of anilines is 1. The highest BCUT2D eigenvalue weighted by Crippen LogP contribution is 2.32. The van der Waals surface area contributed by atoms with Crippen LogP contribution >= 0.6 is 11.6 Å². The van der Waals surface area contributed by atoms with Gasteiger partial charge in [-0.05, 0) is 17.2 Å². The highest BCUT2D eigenvalue weighted by atomic mass is 35.5. The van der Waals surface area contributed by atoms with Gasteiger partial charge in [0.25, 0.3) is 0 Å². The van der Waals surface area contributed by atoms with Crippen molar-refractivity contribution in [2.45, 2.75) is 19.3 Å². The minimum absolute atomic E-state index is 0.0696. The van der Waals surface area contributed by atoms with Gasteiger partial charge in [0.1, 0.15) is 5.82 Å². The largest absolute Gasteiger partial charge is 0.417 e. The van der Waals surface area contributed by atoms with Gasteiger partial charge in [-0.2, -0.15) is 13.2 Å². The summed E-state index contributed by atoms with van der Waals surface area (Å²) in [5.41, 5.74) is 6.59. The Balaban J connectivity index is 2.10. The first kappa shape index (κ1) is 15.6. The number of pyridine rings is 1. The lowest BCUT2D eigenvalue weighted by atomic mass is 10.1. The molecule has 7 heteroatoms. The van der Waals surface area contributed by atoms with Crippen LogP contribution in [-0.4, -0.2) is 4.98 Å². The van der Waals surface area contributed by atoms with E-state index in [1.807, 2.05) is 24.3 Å². The maximum atomic E-state index is 12.5. The second kappa shape index (κ2) is 6.32. The third kappa shape index (κ3) is 4.09. The van der Waals surface area contributed by atoms with Crippen LogP contribution in [-0.2, 0) is 19.3 Å². The van der Waals surface area contributed by atoms with Crippen molar-refractivity contribution in [3.63, 3.8) is 0 Å². The Morgan fingerprint density at radius 1 is 1.19 bits per heavy atom. The van der Waals surface area contributed by atoms with Gasteiger partial charge in [-0.25, -0.2) is 4.98 Å². The van der Waals surface area contributed by atoms with E-state index in [1.54, 1.807) is 0 Å². The first-order valence-corrected chi connectivity index (χ1v) is 6.52. The molecule has 0 saturated heterocycles. The minimum atomic E-state index is -4.45. The fraction of sp³-hybridized carbons (Fsp3) is 0.214. The van der Waals surface area contributed by atoms with Crippen LogP contribution in [0.2, 0.25) is 5.02 Å². The maximum absolute atomic E-state index is 12.5. The molecule has 0 aliphatic rings. The molecule has 2 aromatic rings. The number of aromatic nitrogens is 1. The van der Waals surface area contributed by atoms with E-state index < -0.39 is 11.7 Å². The zero-order valence-electron chi connectivity index (χ0n) is 10.9. The molecule has 0 bridgehead atoms. The first-order valence-electron chi connectivity index (χ1n) is 6.14. The average molecular weight is 316 g/mol. The summed E-state index contributed by atoms with van der Waals surface area (Å²) >= 11 is 5.82.